The number of hydrogen-bond donors (Lipinski definition) is 1. The van der Waals surface area contributed by atoms with Crippen LogP contribution >= 0.6 is 0 Å². The Hall–Kier alpha value is -3.60. The number of alkyl carbamates (subject to hydrolysis) is 1. The molecule has 3 rings (SSSR count). The number of nitrogens with one attached hydrogen (secondary N) is 1. The Labute approximate surface area is 169 Å². The summed E-state index contributed by atoms with van der Waals surface area (Å²) >= 11 is 0. The van der Waals surface area contributed by atoms with E-state index in [1.54, 1.807) is 18.2 Å². The summed E-state index contributed by atoms with van der Waals surface area (Å²) in [5.74, 6) is 0.384. The van der Waals surface area contributed by atoms with E-state index in [4.69, 9.17) is 9.47 Å². The van der Waals surface area contributed by atoms with Crippen LogP contribution in [0.1, 0.15) is 16.7 Å². The molecule has 0 fully saturated rings. The van der Waals surface area contributed by atoms with Crippen LogP contribution < -0.4 is 10.1 Å². The molecule has 1 amide bonds. The minimum absolute atomic E-state index is 0.177. The Bertz CT molecular complexity index is 940. The molecule has 1 N–H and O–H groups in total. The van der Waals surface area contributed by atoms with Crippen molar-refractivity contribution in [2.75, 3.05) is 6.54 Å². The number of carbonyl (C=O) groups is 1. The van der Waals surface area contributed by atoms with E-state index in [2.05, 4.69) is 5.32 Å². The first-order valence-corrected chi connectivity index (χ1v) is 9.28. The number of benzene rings is 3. The zero-order chi connectivity index (χ0) is 20.3. The third kappa shape index (κ3) is 6.81. The summed E-state index contributed by atoms with van der Waals surface area (Å²) in [5, 5.41) is 2.67. The first kappa shape index (κ1) is 20.1. The van der Waals surface area contributed by atoms with Crippen LogP contribution in [0.5, 0.6) is 5.75 Å². The number of ether oxygens (including phenoxy) is 2. The molecule has 3 aromatic rings. The number of halogens is 1. The standard InChI is InChI=1S/C24H22FNO3/c25-23-11-5-4-10-21(23)18-28-22-14-12-19(13-15-22)9-6-16-26-24(27)29-17-20-7-2-1-3-8-20/h1-15H,16-18H2,(H,26,27). The third-order valence-corrected chi connectivity index (χ3v) is 4.12. The first-order valence-electron chi connectivity index (χ1n) is 9.28. The largest absolute Gasteiger partial charge is 0.489 e. The smallest absolute Gasteiger partial charge is 0.407 e. The van der Waals surface area contributed by atoms with E-state index in [0.29, 0.717) is 17.9 Å². The predicted octanol–water partition coefficient (Wildman–Crippen LogP) is 5.34. The molecule has 0 saturated heterocycles. The normalized spacial score (nSPS) is 10.7. The van der Waals surface area contributed by atoms with Crippen LogP contribution in [0.25, 0.3) is 6.08 Å². The molecular formula is C24H22FNO3. The topological polar surface area (TPSA) is 47.6 Å². The van der Waals surface area contributed by atoms with Crippen LogP contribution in [0, 0.1) is 5.82 Å². The summed E-state index contributed by atoms with van der Waals surface area (Å²) in [5.41, 5.74) is 2.42. The maximum absolute atomic E-state index is 13.6. The molecule has 0 radical (unpaired) electrons. The van der Waals surface area contributed by atoms with Crippen molar-refractivity contribution >= 4 is 12.2 Å². The quantitative estimate of drug-likeness (QED) is 0.563. The Kier molecular flexibility index (Phi) is 7.41. The molecule has 0 aliphatic carbocycles. The summed E-state index contributed by atoms with van der Waals surface area (Å²) in [6.45, 7) is 0.779. The second-order valence-corrected chi connectivity index (χ2v) is 6.29. The minimum Gasteiger partial charge on any atom is -0.489 e. The van der Waals surface area contributed by atoms with E-state index in [0.717, 1.165) is 11.1 Å². The molecule has 0 heterocycles. The fourth-order valence-electron chi connectivity index (χ4n) is 2.56. The molecule has 0 aromatic heterocycles. The van der Waals surface area contributed by atoms with Crippen LogP contribution in [0.15, 0.2) is 84.9 Å². The third-order valence-electron chi connectivity index (χ3n) is 4.12. The summed E-state index contributed by atoms with van der Waals surface area (Å²) in [6.07, 6.45) is 3.26. The number of amides is 1. The average Bonchev–Trinajstić information content (AvgIpc) is 2.76. The van der Waals surface area contributed by atoms with Gasteiger partial charge in [-0.15, -0.1) is 0 Å². The number of rotatable bonds is 8. The zero-order valence-electron chi connectivity index (χ0n) is 15.9. The Morgan fingerprint density at radius 2 is 1.62 bits per heavy atom. The number of carbonyl (C=O) groups excluding carboxylic acids is 1. The Balaban J connectivity index is 1.38. The van der Waals surface area contributed by atoms with Crippen molar-refractivity contribution in [3.05, 3.63) is 107 Å². The monoisotopic (exact) mass is 391 g/mol. The maximum Gasteiger partial charge on any atom is 0.407 e. The highest BCUT2D eigenvalue weighted by molar-refractivity contribution is 5.67. The van der Waals surface area contributed by atoms with Gasteiger partial charge in [0.15, 0.2) is 0 Å². The van der Waals surface area contributed by atoms with Gasteiger partial charge in [-0.2, -0.15) is 0 Å². The molecular weight excluding hydrogens is 369 g/mol. The van der Waals surface area contributed by atoms with E-state index in [9.17, 15) is 9.18 Å². The summed E-state index contributed by atoms with van der Waals surface area (Å²) < 4.78 is 24.3. The average molecular weight is 391 g/mol. The van der Waals surface area contributed by atoms with Gasteiger partial charge in [0.25, 0.3) is 0 Å². The predicted molar refractivity (Wildman–Crippen MR) is 111 cm³/mol. The van der Waals surface area contributed by atoms with Crippen molar-refractivity contribution < 1.29 is 18.7 Å². The van der Waals surface area contributed by atoms with Gasteiger partial charge in [-0.25, -0.2) is 9.18 Å². The highest BCUT2D eigenvalue weighted by Gasteiger charge is 2.02. The van der Waals surface area contributed by atoms with E-state index < -0.39 is 6.09 Å². The van der Waals surface area contributed by atoms with Crippen molar-refractivity contribution in [2.45, 2.75) is 13.2 Å². The molecule has 0 aliphatic rings. The van der Waals surface area contributed by atoms with Gasteiger partial charge in [0, 0.05) is 12.1 Å². The fourth-order valence-corrected chi connectivity index (χ4v) is 2.56. The highest BCUT2D eigenvalue weighted by Crippen LogP contribution is 2.16. The summed E-state index contributed by atoms with van der Waals surface area (Å²) in [7, 11) is 0. The van der Waals surface area contributed by atoms with Gasteiger partial charge < -0.3 is 14.8 Å². The zero-order valence-corrected chi connectivity index (χ0v) is 15.9. The van der Waals surface area contributed by atoms with Crippen molar-refractivity contribution in [2.24, 2.45) is 0 Å². The van der Waals surface area contributed by atoms with Crippen LogP contribution in [0.4, 0.5) is 9.18 Å². The lowest BCUT2D eigenvalue weighted by molar-refractivity contribution is 0.141. The molecule has 0 unspecified atom stereocenters. The highest BCUT2D eigenvalue weighted by atomic mass is 19.1. The SMILES string of the molecule is O=C(NCC=Cc1ccc(OCc2ccccc2F)cc1)OCc1ccccc1. The van der Waals surface area contributed by atoms with E-state index >= 15 is 0 Å². The maximum atomic E-state index is 13.6. The Morgan fingerprint density at radius 1 is 0.897 bits per heavy atom. The first-order chi connectivity index (χ1) is 14.2. The molecule has 29 heavy (non-hydrogen) atoms. The van der Waals surface area contributed by atoms with Gasteiger partial charge in [-0.1, -0.05) is 72.8 Å². The van der Waals surface area contributed by atoms with Crippen molar-refractivity contribution in [1.82, 2.24) is 5.32 Å². The molecule has 0 saturated carbocycles. The van der Waals surface area contributed by atoms with Gasteiger partial charge in [-0.05, 0) is 29.3 Å². The van der Waals surface area contributed by atoms with Gasteiger partial charge in [0.2, 0.25) is 0 Å². The second kappa shape index (κ2) is 10.7. The van der Waals surface area contributed by atoms with Crippen molar-refractivity contribution in [3.63, 3.8) is 0 Å². The lowest BCUT2D eigenvalue weighted by Gasteiger charge is -2.07. The molecule has 148 valence electrons. The molecule has 5 heteroatoms. The summed E-state index contributed by atoms with van der Waals surface area (Å²) in [4.78, 5) is 11.7. The van der Waals surface area contributed by atoms with E-state index in [1.807, 2.05) is 66.7 Å². The van der Waals surface area contributed by atoms with Crippen LogP contribution in [-0.2, 0) is 18.0 Å². The molecule has 0 bridgehead atoms. The molecule has 0 aliphatic heterocycles. The lowest BCUT2D eigenvalue weighted by Crippen LogP contribution is -2.24. The number of hydrogen-bond acceptors (Lipinski definition) is 3. The van der Waals surface area contributed by atoms with Gasteiger partial charge in [0.1, 0.15) is 24.8 Å². The van der Waals surface area contributed by atoms with Crippen LogP contribution in [0.2, 0.25) is 0 Å². The molecule has 4 nitrogen and oxygen atoms in total. The van der Waals surface area contributed by atoms with Crippen LogP contribution in [0.3, 0.4) is 0 Å². The van der Waals surface area contributed by atoms with Gasteiger partial charge >= 0.3 is 6.09 Å². The van der Waals surface area contributed by atoms with Crippen molar-refractivity contribution in [3.8, 4) is 5.75 Å². The second-order valence-electron chi connectivity index (χ2n) is 6.29. The molecule has 0 atom stereocenters. The van der Waals surface area contributed by atoms with E-state index in [1.165, 1.54) is 6.07 Å². The lowest BCUT2D eigenvalue weighted by atomic mass is 10.2. The molecule has 3 aromatic carbocycles. The minimum atomic E-state index is -0.463. The van der Waals surface area contributed by atoms with Crippen molar-refractivity contribution in [1.29, 1.82) is 0 Å². The fraction of sp³-hybridized carbons (Fsp3) is 0.125. The molecule has 0 spiro atoms. The Morgan fingerprint density at radius 3 is 2.38 bits per heavy atom. The van der Waals surface area contributed by atoms with Gasteiger partial charge in [0.05, 0.1) is 0 Å². The van der Waals surface area contributed by atoms with Crippen LogP contribution in [-0.4, -0.2) is 12.6 Å². The van der Waals surface area contributed by atoms with Gasteiger partial charge in [-0.3, -0.25) is 0 Å². The van der Waals surface area contributed by atoms with E-state index in [-0.39, 0.29) is 19.0 Å². The summed E-state index contributed by atoms with van der Waals surface area (Å²) in [6, 6.07) is 23.5.